The summed E-state index contributed by atoms with van der Waals surface area (Å²) in [5, 5.41) is 0. The van der Waals surface area contributed by atoms with Gasteiger partial charge < -0.3 is 0 Å². The lowest BCUT2D eigenvalue weighted by Gasteiger charge is -2.23. The summed E-state index contributed by atoms with van der Waals surface area (Å²) < 4.78 is 0. The van der Waals surface area contributed by atoms with Crippen molar-refractivity contribution in [1.82, 2.24) is 14.9 Å². The van der Waals surface area contributed by atoms with Crippen LogP contribution >= 0.6 is 0 Å². The quantitative estimate of drug-likeness (QED) is 0.795. The van der Waals surface area contributed by atoms with E-state index in [0.717, 1.165) is 42.9 Å². The fourth-order valence-corrected chi connectivity index (χ4v) is 3.00. The molecule has 0 aliphatic carbocycles. The summed E-state index contributed by atoms with van der Waals surface area (Å²) in [5.74, 6) is 0.229. The molecule has 0 saturated carbocycles. The molecule has 4 nitrogen and oxygen atoms in total. The maximum absolute atomic E-state index is 12.4. The Labute approximate surface area is 131 Å². The van der Waals surface area contributed by atoms with Crippen LogP contribution in [-0.4, -0.2) is 33.2 Å². The Bertz CT molecular complexity index is 625. The van der Waals surface area contributed by atoms with Crippen molar-refractivity contribution in [1.29, 1.82) is 0 Å². The fourth-order valence-electron chi connectivity index (χ4n) is 3.00. The Morgan fingerprint density at radius 2 is 2.05 bits per heavy atom. The molecule has 1 fully saturated rings. The highest BCUT2D eigenvalue weighted by atomic mass is 16.1. The minimum absolute atomic E-state index is 0.229. The number of likely N-dealkylation sites (tertiary alicyclic amines) is 1. The summed E-state index contributed by atoms with van der Waals surface area (Å²) >= 11 is 0. The van der Waals surface area contributed by atoms with Crippen molar-refractivity contribution in [2.24, 2.45) is 0 Å². The van der Waals surface area contributed by atoms with Gasteiger partial charge in [0.1, 0.15) is 0 Å². The van der Waals surface area contributed by atoms with E-state index >= 15 is 0 Å². The maximum Gasteiger partial charge on any atom is 0.164 e. The van der Waals surface area contributed by atoms with Crippen LogP contribution in [0, 0.1) is 6.92 Å². The van der Waals surface area contributed by atoms with Crippen molar-refractivity contribution >= 4 is 5.78 Å². The first-order chi connectivity index (χ1) is 10.7. The van der Waals surface area contributed by atoms with E-state index in [1.807, 2.05) is 43.5 Å². The molecule has 22 heavy (non-hydrogen) atoms. The molecule has 2 heterocycles. The highest BCUT2D eigenvalue weighted by molar-refractivity contribution is 5.96. The topological polar surface area (TPSA) is 46.1 Å². The molecule has 0 bridgehead atoms. The Morgan fingerprint density at radius 3 is 2.77 bits per heavy atom. The molecule has 0 amide bonds. The van der Waals surface area contributed by atoms with Crippen LogP contribution in [0.15, 0.2) is 42.7 Å². The van der Waals surface area contributed by atoms with E-state index < -0.39 is 0 Å². The average Bonchev–Trinajstić information content (AvgIpc) is 2.97. The summed E-state index contributed by atoms with van der Waals surface area (Å²) in [6.07, 6.45) is 6.45. The van der Waals surface area contributed by atoms with E-state index in [-0.39, 0.29) is 5.78 Å². The Hall–Kier alpha value is -2.07. The van der Waals surface area contributed by atoms with Crippen LogP contribution < -0.4 is 0 Å². The van der Waals surface area contributed by atoms with E-state index in [9.17, 15) is 4.79 Å². The number of carbonyl (C=O) groups excluding carboxylic acids is 1. The summed E-state index contributed by atoms with van der Waals surface area (Å²) in [4.78, 5) is 23.5. The fraction of sp³-hybridized carbons (Fsp3) is 0.389. The van der Waals surface area contributed by atoms with Crippen LogP contribution in [0.3, 0.4) is 0 Å². The van der Waals surface area contributed by atoms with E-state index in [1.165, 1.54) is 0 Å². The lowest BCUT2D eigenvalue weighted by Crippen LogP contribution is -2.31. The van der Waals surface area contributed by atoms with Crippen molar-refractivity contribution in [3.05, 3.63) is 59.7 Å². The number of Topliss-reactive ketones (excluding diaryl/α,β-unsaturated/α-hetero) is 1. The van der Waals surface area contributed by atoms with Gasteiger partial charge in [0, 0.05) is 37.0 Å². The first-order valence-electron chi connectivity index (χ1n) is 7.82. The van der Waals surface area contributed by atoms with Gasteiger partial charge >= 0.3 is 0 Å². The Balaban J connectivity index is 1.63. The second-order valence-electron chi connectivity index (χ2n) is 5.91. The third-order valence-corrected chi connectivity index (χ3v) is 4.22. The molecular formula is C18H21N3O. The molecule has 1 aromatic heterocycles. The monoisotopic (exact) mass is 295 g/mol. The van der Waals surface area contributed by atoms with Gasteiger partial charge in [-0.15, -0.1) is 0 Å². The minimum atomic E-state index is 0.229. The van der Waals surface area contributed by atoms with Crippen LogP contribution in [-0.2, 0) is 6.54 Å². The number of carbonyl (C=O) groups is 1. The van der Waals surface area contributed by atoms with E-state index in [4.69, 9.17) is 0 Å². The zero-order chi connectivity index (χ0) is 15.4. The molecule has 1 saturated heterocycles. The van der Waals surface area contributed by atoms with Gasteiger partial charge in [-0.1, -0.05) is 30.3 Å². The van der Waals surface area contributed by atoms with Crippen molar-refractivity contribution < 1.29 is 4.79 Å². The molecular weight excluding hydrogens is 274 g/mol. The third kappa shape index (κ3) is 3.57. The summed E-state index contributed by atoms with van der Waals surface area (Å²) in [5.41, 5.74) is 2.72. The van der Waals surface area contributed by atoms with Gasteiger partial charge in [0.2, 0.25) is 0 Å². The van der Waals surface area contributed by atoms with Gasteiger partial charge in [-0.3, -0.25) is 19.7 Å². The zero-order valence-electron chi connectivity index (χ0n) is 12.9. The van der Waals surface area contributed by atoms with Gasteiger partial charge in [-0.2, -0.15) is 0 Å². The van der Waals surface area contributed by atoms with E-state index in [2.05, 4.69) is 14.9 Å². The molecule has 0 spiro atoms. The van der Waals surface area contributed by atoms with Crippen LogP contribution in [0.1, 0.15) is 41.0 Å². The zero-order valence-corrected chi connectivity index (χ0v) is 12.9. The van der Waals surface area contributed by atoms with Gasteiger partial charge in [-0.05, 0) is 26.3 Å². The molecule has 114 valence electrons. The molecule has 0 unspecified atom stereocenters. The number of hydrogen-bond donors (Lipinski definition) is 0. The van der Waals surface area contributed by atoms with Crippen LogP contribution in [0.25, 0.3) is 0 Å². The van der Waals surface area contributed by atoms with Crippen LogP contribution in [0.2, 0.25) is 0 Å². The molecule has 4 heteroatoms. The Kier molecular flexibility index (Phi) is 4.59. The molecule has 3 rings (SSSR count). The first kappa shape index (κ1) is 14.9. The standard InChI is InChI=1S/C18H21N3O/c1-14-11-20-16(12-19-14)13-21-9-5-8-17(21)10-18(22)15-6-3-2-4-7-15/h2-4,6-7,11-12,17H,5,8-10,13H2,1H3/t17-/m0/s1. The smallest absolute Gasteiger partial charge is 0.164 e. The van der Waals surface area contributed by atoms with E-state index in [0.29, 0.717) is 12.5 Å². The first-order valence-corrected chi connectivity index (χ1v) is 7.82. The maximum atomic E-state index is 12.4. The second kappa shape index (κ2) is 6.79. The predicted octanol–water partition coefficient (Wildman–Crippen LogP) is 3.02. The second-order valence-corrected chi connectivity index (χ2v) is 5.91. The number of rotatable bonds is 5. The van der Waals surface area contributed by atoms with Gasteiger partial charge in [0.25, 0.3) is 0 Å². The molecule has 0 N–H and O–H groups in total. The number of ketones is 1. The predicted molar refractivity (Wildman–Crippen MR) is 85.6 cm³/mol. The summed E-state index contributed by atoms with van der Waals surface area (Å²) in [6, 6.07) is 9.88. The largest absolute Gasteiger partial charge is 0.294 e. The molecule has 1 aliphatic rings. The van der Waals surface area contributed by atoms with Crippen molar-refractivity contribution in [3.8, 4) is 0 Å². The summed E-state index contributed by atoms with van der Waals surface area (Å²) in [7, 11) is 0. The number of aryl methyl sites for hydroxylation is 1. The number of nitrogens with zero attached hydrogens (tertiary/aromatic N) is 3. The lowest BCUT2D eigenvalue weighted by molar-refractivity contribution is 0.0938. The minimum Gasteiger partial charge on any atom is -0.294 e. The van der Waals surface area contributed by atoms with E-state index in [1.54, 1.807) is 6.20 Å². The van der Waals surface area contributed by atoms with Crippen molar-refractivity contribution in [2.45, 2.75) is 38.8 Å². The van der Waals surface area contributed by atoms with Crippen LogP contribution in [0.5, 0.6) is 0 Å². The van der Waals surface area contributed by atoms with Crippen molar-refractivity contribution in [2.75, 3.05) is 6.54 Å². The highest BCUT2D eigenvalue weighted by Crippen LogP contribution is 2.23. The summed E-state index contributed by atoms with van der Waals surface area (Å²) in [6.45, 7) is 3.75. The third-order valence-electron chi connectivity index (χ3n) is 4.22. The highest BCUT2D eigenvalue weighted by Gasteiger charge is 2.27. The lowest BCUT2D eigenvalue weighted by atomic mass is 10.0. The molecule has 2 aromatic rings. The van der Waals surface area contributed by atoms with Gasteiger partial charge in [0.15, 0.2) is 5.78 Å². The molecule has 1 aromatic carbocycles. The van der Waals surface area contributed by atoms with Crippen molar-refractivity contribution in [3.63, 3.8) is 0 Å². The average molecular weight is 295 g/mol. The molecule has 1 atom stereocenters. The number of benzene rings is 1. The van der Waals surface area contributed by atoms with Crippen LogP contribution in [0.4, 0.5) is 0 Å². The Morgan fingerprint density at radius 1 is 1.23 bits per heavy atom. The van der Waals surface area contributed by atoms with Gasteiger partial charge in [0.05, 0.1) is 11.4 Å². The number of aromatic nitrogens is 2. The molecule has 0 radical (unpaired) electrons. The normalized spacial score (nSPS) is 18.5. The molecule has 1 aliphatic heterocycles. The number of hydrogen-bond acceptors (Lipinski definition) is 4. The van der Waals surface area contributed by atoms with Gasteiger partial charge in [-0.25, -0.2) is 0 Å². The SMILES string of the molecule is Cc1cnc(CN2CCC[C@H]2CC(=O)c2ccccc2)cn1.